The van der Waals surface area contributed by atoms with Crippen LogP contribution in [-0.2, 0) is 0 Å². The Balaban J connectivity index is 2.43. The van der Waals surface area contributed by atoms with Crippen molar-refractivity contribution in [2.75, 3.05) is 19.8 Å². The Labute approximate surface area is 104 Å². The van der Waals surface area contributed by atoms with Gasteiger partial charge in [0, 0.05) is 19.1 Å². The van der Waals surface area contributed by atoms with Crippen molar-refractivity contribution in [1.29, 1.82) is 0 Å². The van der Waals surface area contributed by atoms with Gasteiger partial charge in [0.25, 0.3) is 0 Å². The second-order valence-corrected chi connectivity index (χ2v) is 4.17. The van der Waals surface area contributed by atoms with Gasteiger partial charge in [-0.1, -0.05) is 19.1 Å². The zero-order valence-corrected chi connectivity index (χ0v) is 10.8. The van der Waals surface area contributed by atoms with Crippen LogP contribution in [0.5, 0.6) is 5.75 Å². The monoisotopic (exact) mass is 237 g/mol. The molecule has 3 nitrogen and oxygen atoms in total. The summed E-state index contributed by atoms with van der Waals surface area (Å²) in [6.45, 7) is 6.11. The second-order valence-electron chi connectivity index (χ2n) is 4.17. The lowest BCUT2D eigenvalue weighted by molar-refractivity contribution is 0.233. The molecule has 17 heavy (non-hydrogen) atoms. The molecule has 0 spiro atoms. The van der Waals surface area contributed by atoms with Crippen LogP contribution < -0.4 is 10.1 Å². The minimum atomic E-state index is 0.177. The number of nitrogens with one attached hydrogen (secondary N) is 1. The van der Waals surface area contributed by atoms with E-state index in [1.165, 1.54) is 5.56 Å². The van der Waals surface area contributed by atoms with Gasteiger partial charge in [-0.05, 0) is 37.6 Å². The van der Waals surface area contributed by atoms with Crippen molar-refractivity contribution in [3.8, 4) is 5.75 Å². The van der Waals surface area contributed by atoms with Gasteiger partial charge in [-0.3, -0.25) is 0 Å². The van der Waals surface area contributed by atoms with Crippen LogP contribution in [0, 0.1) is 0 Å². The highest BCUT2D eigenvalue weighted by molar-refractivity contribution is 5.28. The van der Waals surface area contributed by atoms with E-state index in [4.69, 9.17) is 9.84 Å². The number of hydrogen-bond donors (Lipinski definition) is 2. The van der Waals surface area contributed by atoms with E-state index >= 15 is 0 Å². The van der Waals surface area contributed by atoms with Crippen LogP contribution in [0.15, 0.2) is 24.3 Å². The first-order valence-electron chi connectivity index (χ1n) is 6.35. The summed E-state index contributed by atoms with van der Waals surface area (Å²) >= 11 is 0. The summed E-state index contributed by atoms with van der Waals surface area (Å²) in [4.78, 5) is 0. The van der Waals surface area contributed by atoms with Gasteiger partial charge in [-0.25, -0.2) is 0 Å². The Kier molecular flexibility index (Phi) is 6.67. The van der Waals surface area contributed by atoms with Gasteiger partial charge >= 0.3 is 0 Å². The van der Waals surface area contributed by atoms with Crippen LogP contribution in [0.3, 0.4) is 0 Å². The standard InChI is InChI=1S/C14H23NO2/c1-3-9-15-12(2)13-5-7-14(8-6-13)17-11-4-10-16/h5-8,12,15-16H,3-4,9-11H2,1-2H3. The number of benzene rings is 1. The fourth-order valence-electron chi connectivity index (χ4n) is 1.59. The highest BCUT2D eigenvalue weighted by Gasteiger charge is 2.03. The van der Waals surface area contributed by atoms with Gasteiger partial charge in [-0.2, -0.15) is 0 Å². The average molecular weight is 237 g/mol. The molecule has 0 radical (unpaired) electrons. The molecule has 0 bridgehead atoms. The maximum Gasteiger partial charge on any atom is 0.119 e. The van der Waals surface area contributed by atoms with Crippen LogP contribution in [0.2, 0.25) is 0 Å². The Morgan fingerprint density at radius 2 is 2.00 bits per heavy atom. The van der Waals surface area contributed by atoms with E-state index in [0.29, 0.717) is 19.1 Å². The maximum atomic E-state index is 8.66. The lowest BCUT2D eigenvalue weighted by Crippen LogP contribution is -2.19. The summed E-state index contributed by atoms with van der Waals surface area (Å²) in [5, 5.41) is 12.1. The number of ether oxygens (including phenoxy) is 1. The molecular formula is C14H23NO2. The predicted molar refractivity (Wildman–Crippen MR) is 70.3 cm³/mol. The van der Waals surface area contributed by atoms with Crippen LogP contribution >= 0.6 is 0 Å². The normalized spacial score (nSPS) is 12.4. The van der Waals surface area contributed by atoms with Crippen molar-refractivity contribution in [3.05, 3.63) is 29.8 Å². The molecule has 0 amide bonds. The zero-order chi connectivity index (χ0) is 12.5. The fraction of sp³-hybridized carbons (Fsp3) is 0.571. The van der Waals surface area contributed by atoms with Crippen molar-refractivity contribution in [3.63, 3.8) is 0 Å². The molecule has 0 aliphatic heterocycles. The maximum absolute atomic E-state index is 8.66. The molecule has 1 aromatic carbocycles. The molecule has 0 fully saturated rings. The summed E-state index contributed by atoms with van der Waals surface area (Å²) in [5.41, 5.74) is 1.27. The molecule has 2 N–H and O–H groups in total. The van der Waals surface area contributed by atoms with Crippen molar-refractivity contribution in [1.82, 2.24) is 5.32 Å². The fourth-order valence-corrected chi connectivity index (χ4v) is 1.59. The summed E-state index contributed by atoms with van der Waals surface area (Å²) < 4.78 is 5.48. The topological polar surface area (TPSA) is 41.5 Å². The SMILES string of the molecule is CCCNC(C)c1ccc(OCCCO)cc1. The van der Waals surface area contributed by atoms with Gasteiger partial charge in [0.05, 0.1) is 6.61 Å². The van der Waals surface area contributed by atoms with Gasteiger partial charge < -0.3 is 15.2 Å². The Bertz CT molecular complexity index is 298. The number of aliphatic hydroxyl groups is 1. The van der Waals surface area contributed by atoms with Crippen LogP contribution in [0.1, 0.15) is 38.3 Å². The molecule has 0 aromatic heterocycles. The molecular weight excluding hydrogens is 214 g/mol. The highest BCUT2D eigenvalue weighted by Crippen LogP contribution is 2.17. The number of rotatable bonds is 8. The minimum absolute atomic E-state index is 0.177. The van der Waals surface area contributed by atoms with E-state index in [9.17, 15) is 0 Å². The smallest absolute Gasteiger partial charge is 0.119 e. The lowest BCUT2D eigenvalue weighted by Gasteiger charge is -2.14. The van der Waals surface area contributed by atoms with Crippen molar-refractivity contribution < 1.29 is 9.84 Å². The Hall–Kier alpha value is -1.06. The van der Waals surface area contributed by atoms with E-state index in [0.717, 1.165) is 18.7 Å². The predicted octanol–water partition coefficient (Wildman–Crippen LogP) is 2.51. The van der Waals surface area contributed by atoms with Gasteiger partial charge in [-0.15, -0.1) is 0 Å². The van der Waals surface area contributed by atoms with E-state index in [2.05, 4.69) is 31.3 Å². The average Bonchev–Trinajstić information content (AvgIpc) is 2.37. The molecule has 96 valence electrons. The summed E-state index contributed by atoms with van der Waals surface area (Å²) in [6, 6.07) is 8.51. The van der Waals surface area contributed by atoms with Crippen molar-refractivity contribution in [2.45, 2.75) is 32.7 Å². The van der Waals surface area contributed by atoms with Crippen molar-refractivity contribution >= 4 is 0 Å². The molecule has 0 heterocycles. The van der Waals surface area contributed by atoms with Crippen LogP contribution in [-0.4, -0.2) is 24.9 Å². The van der Waals surface area contributed by atoms with E-state index in [-0.39, 0.29) is 6.61 Å². The van der Waals surface area contributed by atoms with Gasteiger partial charge in [0.2, 0.25) is 0 Å². The molecule has 0 saturated heterocycles. The van der Waals surface area contributed by atoms with Gasteiger partial charge in [0.15, 0.2) is 0 Å². The second kappa shape index (κ2) is 8.09. The molecule has 3 heteroatoms. The largest absolute Gasteiger partial charge is 0.494 e. The minimum Gasteiger partial charge on any atom is -0.494 e. The third-order valence-corrected chi connectivity index (χ3v) is 2.65. The molecule has 1 unspecified atom stereocenters. The van der Waals surface area contributed by atoms with E-state index in [1.54, 1.807) is 0 Å². The molecule has 1 aromatic rings. The number of aliphatic hydroxyl groups excluding tert-OH is 1. The molecule has 0 aliphatic carbocycles. The molecule has 1 rings (SSSR count). The Morgan fingerprint density at radius 3 is 2.59 bits per heavy atom. The van der Waals surface area contributed by atoms with Crippen LogP contribution in [0.25, 0.3) is 0 Å². The third-order valence-electron chi connectivity index (χ3n) is 2.65. The zero-order valence-electron chi connectivity index (χ0n) is 10.8. The summed E-state index contributed by atoms with van der Waals surface area (Å²) in [5.74, 6) is 0.866. The van der Waals surface area contributed by atoms with Crippen LogP contribution in [0.4, 0.5) is 0 Å². The quantitative estimate of drug-likeness (QED) is 0.683. The first-order valence-corrected chi connectivity index (χ1v) is 6.35. The Morgan fingerprint density at radius 1 is 1.29 bits per heavy atom. The molecule has 0 saturated carbocycles. The lowest BCUT2D eigenvalue weighted by atomic mass is 10.1. The highest BCUT2D eigenvalue weighted by atomic mass is 16.5. The van der Waals surface area contributed by atoms with Crippen molar-refractivity contribution in [2.24, 2.45) is 0 Å². The first-order chi connectivity index (χ1) is 8.27. The van der Waals surface area contributed by atoms with E-state index in [1.807, 2.05) is 12.1 Å². The molecule has 1 atom stereocenters. The summed E-state index contributed by atoms with van der Waals surface area (Å²) in [6.07, 6.45) is 1.82. The summed E-state index contributed by atoms with van der Waals surface area (Å²) in [7, 11) is 0. The molecule has 0 aliphatic rings. The third kappa shape index (κ3) is 5.20. The first kappa shape index (κ1) is 14.0. The van der Waals surface area contributed by atoms with Gasteiger partial charge in [0.1, 0.15) is 5.75 Å². The number of hydrogen-bond acceptors (Lipinski definition) is 3. The van der Waals surface area contributed by atoms with E-state index < -0.39 is 0 Å².